The summed E-state index contributed by atoms with van der Waals surface area (Å²) in [6.45, 7) is 1.45. The molecule has 0 saturated carbocycles. The third kappa shape index (κ3) is 1.22. The molecule has 0 bridgehead atoms. The first kappa shape index (κ1) is 7.03. The number of carbonyl (C=O) groups excluding carboxylic acids is 1. The van der Waals surface area contributed by atoms with E-state index in [1.807, 2.05) is 4.90 Å². The van der Waals surface area contributed by atoms with Gasteiger partial charge in [0.05, 0.1) is 6.54 Å². The summed E-state index contributed by atoms with van der Waals surface area (Å²) in [5.41, 5.74) is 0. The Balaban J connectivity index is 2.02. The fraction of sp³-hybridized carbons (Fsp3) is 0.857. The summed E-state index contributed by atoms with van der Waals surface area (Å²) < 4.78 is 12.8. The van der Waals surface area contributed by atoms with Gasteiger partial charge < -0.3 is 5.32 Å². The van der Waals surface area contributed by atoms with Gasteiger partial charge in [0.2, 0.25) is 5.91 Å². The zero-order valence-electron chi connectivity index (χ0n) is 6.22. The minimum atomic E-state index is -0.729. The molecule has 1 amide bonds. The van der Waals surface area contributed by atoms with Gasteiger partial charge in [-0.15, -0.1) is 0 Å². The Labute approximate surface area is 64.6 Å². The van der Waals surface area contributed by atoms with Crippen molar-refractivity contribution in [3.63, 3.8) is 0 Å². The maximum absolute atomic E-state index is 12.8. The van der Waals surface area contributed by atoms with E-state index in [2.05, 4.69) is 5.32 Å². The smallest absolute Gasteiger partial charge is 0.234 e. The highest BCUT2D eigenvalue weighted by molar-refractivity contribution is 5.79. The first-order valence-electron chi connectivity index (χ1n) is 3.90. The monoisotopic (exact) mass is 158 g/mol. The van der Waals surface area contributed by atoms with E-state index in [1.165, 1.54) is 0 Å². The summed E-state index contributed by atoms with van der Waals surface area (Å²) in [7, 11) is 0. The third-order valence-corrected chi connectivity index (χ3v) is 2.36. The van der Waals surface area contributed by atoms with Crippen molar-refractivity contribution in [2.75, 3.05) is 19.6 Å². The van der Waals surface area contributed by atoms with Crippen LogP contribution in [-0.2, 0) is 4.79 Å². The van der Waals surface area contributed by atoms with E-state index >= 15 is 0 Å². The lowest BCUT2D eigenvalue weighted by Gasteiger charge is -2.28. The van der Waals surface area contributed by atoms with Gasteiger partial charge in [0.25, 0.3) is 0 Å². The number of fused-ring (bicyclic) bond motifs is 1. The molecular formula is C7H11FN2O. The number of piperazine rings is 1. The SMILES string of the molecule is O=C1CN2C[C@@H](F)C[C@@H]2CN1. The molecule has 2 atom stereocenters. The van der Waals surface area contributed by atoms with Crippen molar-refractivity contribution in [2.24, 2.45) is 0 Å². The molecule has 2 fully saturated rings. The number of nitrogens with zero attached hydrogens (tertiary/aromatic N) is 1. The third-order valence-electron chi connectivity index (χ3n) is 2.36. The molecule has 0 aromatic heterocycles. The lowest BCUT2D eigenvalue weighted by molar-refractivity contribution is -0.124. The van der Waals surface area contributed by atoms with Gasteiger partial charge in [0.15, 0.2) is 0 Å². The van der Waals surface area contributed by atoms with E-state index in [9.17, 15) is 9.18 Å². The van der Waals surface area contributed by atoms with E-state index in [0.29, 0.717) is 26.1 Å². The molecule has 0 aromatic carbocycles. The lowest BCUT2D eigenvalue weighted by atomic mass is 10.2. The minimum Gasteiger partial charge on any atom is -0.353 e. The first-order valence-corrected chi connectivity index (χ1v) is 3.90. The van der Waals surface area contributed by atoms with Gasteiger partial charge in [-0.25, -0.2) is 4.39 Å². The van der Waals surface area contributed by atoms with E-state index in [1.54, 1.807) is 0 Å². The van der Waals surface area contributed by atoms with Crippen LogP contribution in [0.15, 0.2) is 0 Å². The van der Waals surface area contributed by atoms with Crippen LogP contribution in [0.2, 0.25) is 0 Å². The topological polar surface area (TPSA) is 32.3 Å². The Hall–Kier alpha value is -0.640. The Morgan fingerprint density at radius 2 is 2.45 bits per heavy atom. The number of halogens is 1. The van der Waals surface area contributed by atoms with Crippen LogP contribution in [0.5, 0.6) is 0 Å². The minimum absolute atomic E-state index is 0.0235. The number of nitrogens with one attached hydrogen (secondary N) is 1. The van der Waals surface area contributed by atoms with E-state index in [4.69, 9.17) is 0 Å². The van der Waals surface area contributed by atoms with Crippen LogP contribution in [-0.4, -0.2) is 42.7 Å². The van der Waals surface area contributed by atoms with Crippen LogP contribution in [0, 0.1) is 0 Å². The number of alkyl halides is 1. The van der Waals surface area contributed by atoms with Gasteiger partial charge in [0, 0.05) is 19.1 Å². The average Bonchev–Trinajstić information content (AvgIpc) is 2.27. The molecule has 2 saturated heterocycles. The predicted molar refractivity (Wildman–Crippen MR) is 37.9 cm³/mol. The predicted octanol–water partition coefficient (Wildman–Crippen LogP) is -0.471. The van der Waals surface area contributed by atoms with Crippen molar-refractivity contribution in [1.82, 2.24) is 10.2 Å². The fourth-order valence-electron chi connectivity index (χ4n) is 1.80. The second-order valence-electron chi connectivity index (χ2n) is 3.22. The van der Waals surface area contributed by atoms with Crippen LogP contribution in [0.1, 0.15) is 6.42 Å². The second-order valence-corrected chi connectivity index (χ2v) is 3.22. The molecule has 3 nitrogen and oxygen atoms in total. The molecule has 1 N–H and O–H groups in total. The maximum atomic E-state index is 12.8. The first-order chi connectivity index (χ1) is 5.25. The van der Waals surface area contributed by atoms with Crippen molar-refractivity contribution in [3.05, 3.63) is 0 Å². The molecule has 2 aliphatic heterocycles. The molecule has 11 heavy (non-hydrogen) atoms. The van der Waals surface area contributed by atoms with Crippen molar-refractivity contribution in [2.45, 2.75) is 18.6 Å². The summed E-state index contributed by atoms with van der Waals surface area (Å²) in [5.74, 6) is 0.0235. The standard InChI is InChI=1S/C7H11FN2O/c8-5-1-6-2-9-7(11)4-10(6)3-5/h5-6H,1-4H2,(H,9,11)/t5-,6+/m0/s1. The molecule has 4 heteroatoms. The largest absolute Gasteiger partial charge is 0.353 e. The zero-order valence-corrected chi connectivity index (χ0v) is 6.22. The van der Waals surface area contributed by atoms with Gasteiger partial charge in [-0.2, -0.15) is 0 Å². The number of amides is 1. The van der Waals surface area contributed by atoms with Crippen LogP contribution >= 0.6 is 0 Å². The van der Waals surface area contributed by atoms with Crippen molar-refractivity contribution in [3.8, 4) is 0 Å². The van der Waals surface area contributed by atoms with Crippen LogP contribution < -0.4 is 5.32 Å². The highest BCUT2D eigenvalue weighted by Gasteiger charge is 2.35. The zero-order chi connectivity index (χ0) is 7.84. The molecule has 0 spiro atoms. The highest BCUT2D eigenvalue weighted by Crippen LogP contribution is 2.20. The summed E-state index contributed by atoms with van der Waals surface area (Å²) >= 11 is 0. The van der Waals surface area contributed by atoms with Crippen molar-refractivity contribution < 1.29 is 9.18 Å². The summed E-state index contributed by atoms with van der Waals surface area (Å²) in [6.07, 6.45) is -0.145. The van der Waals surface area contributed by atoms with Crippen LogP contribution in [0.3, 0.4) is 0 Å². The Bertz CT molecular complexity index is 185. The van der Waals surface area contributed by atoms with Gasteiger partial charge in [0.1, 0.15) is 6.17 Å². The highest BCUT2D eigenvalue weighted by atomic mass is 19.1. The maximum Gasteiger partial charge on any atom is 0.234 e. The summed E-state index contributed by atoms with van der Waals surface area (Å²) in [5, 5.41) is 2.73. The number of hydrogen-bond acceptors (Lipinski definition) is 2. The van der Waals surface area contributed by atoms with E-state index in [0.717, 1.165) is 0 Å². The fourth-order valence-corrected chi connectivity index (χ4v) is 1.80. The normalized spacial score (nSPS) is 38.5. The van der Waals surface area contributed by atoms with Crippen LogP contribution in [0.25, 0.3) is 0 Å². The summed E-state index contributed by atoms with van der Waals surface area (Å²) in [4.78, 5) is 12.8. The molecule has 0 aliphatic carbocycles. The van der Waals surface area contributed by atoms with Gasteiger partial charge >= 0.3 is 0 Å². The Morgan fingerprint density at radius 3 is 3.27 bits per heavy atom. The molecule has 2 aliphatic rings. The molecule has 62 valence electrons. The molecule has 0 unspecified atom stereocenters. The molecule has 0 aromatic rings. The molecule has 0 radical (unpaired) electrons. The average molecular weight is 158 g/mol. The van der Waals surface area contributed by atoms with Crippen molar-refractivity contribution in [1.29, 1.82) is 0 Å². The number of rotatable bonds is 0. The van der Waals surface area contributed by atoms with Gasteiger partial charge in [-0.3, -0.25) is 9.69 Å². The van der Waals surface area contributed by atoms with Crippen molar-refractivity contribution >= 4 is 5.91 Å². The quantitative estimate of drug-likeness (QED) is 0.517. The van der Waals surface area contributed by atoms with Gasteiger partial charge in [-0.1, -0.05) is 0 Å². The number of hydrogen-bond donors (Lipinski definition) is 1. The van der Waals surface area contributed by atoms with E-state index < -0.39 is 6.17 Å². The second kappa shape index (κ2) is 2.44. The number of carbonyl (C=O) groups is 1. The van der Waals surface area contributed by atoms with Crippen LogP contribution in [0.4, 0.5) is 4.39 Å². The Kier molecular flexibility index (Phi) is 1.56. The Morgan fingerprint density at radius 1 is 1.64 bits per heavy atom. The van der Waals surface area contributed by atoms with E-state index in [-0.39, 0.29) is 11.9 Å². The lowest BCUT2D eigenvalue weighted by Crippen LogP contribution is -2.51. The summed E-state index contributed by atoms with van der Waals surface area (Å²) in [6, 6.07) is 0.252. The molecular weight excluding hydrogens is 147 g/mol. The molecule has 2 heterocycles. The van der Waals surface area contributed by atoms with Gasteiger partial charge in [-0.05, 0) is 6.42 Å². The molecule has 2 rings (SSSR count).